The standard InChI is InChI=1S/C16H24N2O3S.C2HF3O2/c1-3-18-12-16(7-9-21-10-8-16)14-11-13(5-6-15(14)18)17-22(19,20)4-2;3-2(4,5)1(6)7/h5-6,11,17H,3-4,7-10,12H2,1-2H3;(H,6,7). The van der Waals surface area contributed by atoms with E-state index in [4.69, 9.17) is 14.6 Å². The molecule has 2 N–H and O–H groups in total. The van der Waals surface area contributed by atoms with Crippen LogP contribution in [0.1, 0.15) is 32.3 Å². The number of fused-ring (bicyclic) bond motifs is 2. The van der Waals surface area contributed by atoms with Gasteiger partial charge < -0.3 is 14.7 Å². The normalized spacial score (nSPS) is 18.0. The van der Waals surface area contributed by atoms with Crippen molar-refractivity contribution in [2.45, 2.75) is 38.3 Å². The van der Waals surface area contributed by atoms with Gasteiger partial charge in [-0.2, -0.15) is 13.2 Å². The number of likely N-dealkylation sites (N-methyl/N-ethyl adjacent to an activating group) is 1. The second-order valence-corrected chi connectivity index (χ2v) is 8.96. The van der Waals surface area contributed by atoms with Gasteiger partial charge in [0.05, 0.1) is 5.75 Å². The maximum Gasteiger partial charge on any atom is 0.490 e. The summed E-state index contributed by atoms with van der Waals surface area (Å²) in [5.41, 5.74) is 3.29. The molecule has 11 heteroatoms. The summed E-state index contributed by atoms with van der Waals surface area (Å²) in [7, 11) is -3.24. The van der Waals surface area contributed by atoms with Gasteiger partial charge in [-0.3, -0.25) is 4.72 Å². The van der Waals surface area contributed by atoms with Gasteiger partial charge in [0, 0.05) is 43.1 Å². The fourth-order valence-electron chi connectivity index (χ4n) is 3.56. The largest absolute Gasteiger partial charge is 0.490 e. The van der Waals surface area contributed by atoms with Crippen molar-refractivity contribution in [3.05, 3.63) is 23.8 Å². The zero-order valence-electron chi connectivity index (χ0n) is 16.3. The van der Waals surface area contributed by atoms with E-state index in [1.54, 1.807) is 6.92 Å². The molecule has 1 spiro atoms. The average Bonchev–Trinajstić information content (AvgIpc) is 2.95. The van der Waals surface area contributed by atoms with E-state index in [-0.39, 0.29) is 11.2 Å². The fourth-order valence-corrected chi connectivity index (χ4v) is 4.19. The summed E-state index contributed by atoms with van der Waals surface area (Å²) < 4.78 is 63.6. The zero-order chi connectivity index (χ0) is 21.9. The van der Waals surface area contributed by atoms with Crippen molar-refractivity contribution in [1.82, 2.24) is 0 Å². The number of carboxylic acids is 1. The van der Waals surface area contributed by atoms with Gasteiger partial charge in [-0.05, 0) is 50.5 Å². The van der Waals surface area contributed by atoms with Crippen LogP contribution < -0.4 is 9.62 Å². The molecule has 7 nitrogen and oxygen atoms in total. The fraction of sp³-hybridized carbons (Fsp3) is 0.611. The molecule has 1 aromatic rings. The third kappa shape index (κ3) is 5.53. The molecule has 2 heterocycles. The highest BCUT2D eigenvalue weighted by molar-refractivity contribution is 7.92. The first kappa shape index (κ1) is 23.3. The van der Waals surface area contributed by atoms with Crippen molar-refractivity contribution in [1.29, 1.82) is 0 Å². The van der Waals surface area contributed by atoms with E-state index in [9.17, 15) is 21.6 Å². The van der Waals surface area contributed by atoms with E-state index < -0.39 is 22.2 Å². The van der Waals surface area contributed by atoms with Crippen molar-refractivity contribution in [2.75, 3.05) is 41.7 Å². The smallest absolute Gasteiger partial charge is 0.475 e. The number of halogens is 3. The number of sulfonamides is 1. The van der Waals surface area contributed by atoms with Gasteiger partial charge >= 0.3 is 12.1 Å². The van der Waals surface area contributed by atoms with E-state index >= 15 is 0 Å². The number of alkyl halides is 3. The lowest BCUT2D eigenvalue weighted by Gasteiger charge is -2.34. The van der Waals surface area contributed by atoms with Gasteiger partial charge in [0.1, 0.15) is 0 Å². The third-order valence-electron chi connectivity index (χ3n) is 5.13. The van der Waals surface area contributed by atoms with Gasteiger partial charge in [0.2, 0.25) is 10.0 Å². The molecule has 0 unspecified atom stereocenters. The summed E-state index contributed by atoms with van der Waals surface area (Å²) in [6, 6.07) is 5.95. The second kappa shape index (κ2) is 8.78. The number of carbonyl (C=O) groups is 1. The lowest BCUT2D eigenvalue weighted by Crippen LogP contribution is -2.38. The topological polar surface area (TPSA) is 95.9 Å². The Morgan fingerprint density at radius 1 is 1.28 bits per heavy atom. The summed E-state index contributed by atoms with van der Waals surface area (Å²) in [5.74, 6) is -2.67. The molecule has 0 aliphatic carbocycles. The molecule has 2 aliphatic heterocycles. The Morgan fingerprint density at radius 2 is 1.86 bits per heavy atom. The van der Waals surface area contributed by atoms with Crippen LogP contribution >= 0.6 is 0 Å². The Balaban J connectivity index is 0.000000370. The monoisotopic (exact) mass is 438 g/mol. The maximum atomic E-state index is 11.8. The number of hydrogen-bond acceptors (Lipinski definition) is 5. The first-order valence-electron chi connectivity index (χ1n) is 9.22. The lowest BCUT2D eigenvalue weighted by molar-refractivity contribution is -0.192. The van der Waals surface area contributed by atoms with Gasteiger partial charge in [-0.25, -0.2) is 13.2 Å². The number of ether oxygens (including phenoxy) is 1. The summed E-state index contributed by atoms with van der Waals surface area (Å²) in [4.78, 5) is 11.3. The molecule has 0 atom stereocenters. The highest BCUT2D eigenvalue weighted by Crippen LogP contribution is 2.47. The van der Waals surface area contributed by atoms with Crippen LogP contribution in [-0.4, -0.2) is 57.7 Å². The van der Waals surface area contributed by atoms with Gasteiger partial charge in [-0.1, -0.05) is 0 Å². The van der Waals surface area contributed by atoms with Gasteiger partial charge in [0.25, 0.3) is 0 Å². The number of nitrogens with one attached hydrogen (secondary N) is 1. The Kier molecular flexibility index (Phi) is 7.05. The van der Waals surface area contributed by atoms with Crippen LogP contribution in [0.2, 0.25) is 0 Å². The average molecular weight is 438 g/mol. The molecule has 1 fully saturated rings. The maximum absolute atomic E-state index is 11.8. The van der Waals surface area contributed by atoms with Crippen LogP contribution in [0.15, 0.2) is 18.2 Å². The number of benzene rings is 1. The van der Waals surface area contributed by atoms with Crippen LogP contribution in [0.25, 0.3) is 0 Å². The Bertz CT molecular complexity index is 836. The van der Waals surface area contributed by atoms with Crippen molar-refractivity contribution >= 4 is 27.4 Å². The molecule has 3 rings (SSSR count). The molecule has 0 amide bonds. The molecule has 0 bridgehead atoms. The summed E-state index contributed by atoms with van der Waals surface area (Å²) >= 11 is 0. The molecular formula is C18H25F3N2O5S. The SMILES string of the molecule is CCN1CC2(CCOCC2)c2cc(NS(=O)(=O)CC)ccc21.O=C(O)C(F)(F)F. The predicted molar refractivity (Wildman–Crippen MR) is 103 cm³/mol. The van der Waals surface area contributed by atoms with E-state index in [1.807, 2.05) is 12.1 Å². The van der Waals surface area contributed by atoms with E-state index in [1.165, 1.54) is 11.3 Å². The third-order valence-corrected chi connectivity index (χ3v) is 6.44. The van der Waals surface area contributed by atoms with Gasteiger partial charge in [-0.15, -0.1) is 0 Å². The van der Waals surface area contributed by atoms with Crippen LogP contribution in [0, 0.1) is 0 Å². The lowest BCUT2D eigenvalue weighted by atomic mass is 9.76. The van der Waals surface area contributed by atoms with Crippen molar-refractivity contribution in [3.8, 4) is 0 Å². The zero-order valence-corrected chi connectivity index (χ0v) is 17.1. The molecule has 1 aromatic carbocycles. The number of aliphatic carboxylic acids is 1. The van der Waals surface area contributed by atoms with Crippen molar-refractivity contribution < 1.29 is 36.2 Å². The molecule has 2 aliphatic rings. The molecule has 0 aromatic heterocycles. The van der Waals surface area contributed by atoms with Crippen LogP contribution in [-0.2, 0) is 25.0 Å². The number of anilines is 2. The van der Waals surface area contributed by atoms with E-state index in [2.05, 4.69) is 22.6 Å². The quantitative estimate of drug-likeness (QED) is 0.751. The first-order chi connectivity index (χ1) is 13.4. The summed E-state index contributed by atoms with van der Waals surface area (Å²) in [5, 5.41) is 7.12. The van der Waals surface area contributed by atoms with Crippen molar-refractivity contribution in [3.63, 3.8) is 0 Å². The minimum Gasteiger partial charge on any atom is -0.475 e. The number of nitrogens with zero attached hydrogens (tertiary/aromatic N) is 1. The second-order valence-electron chi connectivity index (χ2n) is 6.95. The van der Waals surface area contributed by atoms with Crippen LogP contribution in [0.3, 0.4) is 0 Å². The highest BCUT2D eigenvalue weighted by Gasteiger charge is 2.43. The molecule has 0 radical (unpaired) electrons. The Morgan fingerprint density at radius 3 is 2.34 bits per heavy atom. The molecular weight excluding hydrogens is 413 g/mol. The molecule has 164 valence electrons. The predicted octanol–water partition coefficient (Wildman–Crippen LogP) is 2.97. The van der Waals surface area contributed by atoms with E-state index in [0.29, 0.717) is 5.69 Å². The number of rotatable bonds is 4. The number of carboxylic acid groups (broad SMARTS) is 1. The van der Waals surface area contributed by atoms with Crippen molar-refractivity contribution in [2.24, 2.45) is 0 Å². The minimum absolute atomic E-state index is 0.0875. The van der Waals surface area contributed by atoms with Crippen LogP contribution in [0.5, 0.6) is 0 Å². The van der Waals surface area contributed by atoms with E-state index in [0.717, 1.165) is 39.1 Å². The summed E-state index contributed by atoms with van der Waals surface area (Å²) in [6.07, 6.45) is -3.08. The minimum atomic E-state index is -5.08. The Labute approximate surface area is 167 Å². The molecule has 29 heavy (non-hydrogen) atoms. The Hall–Kier alpha value is -2.01. The van der Waals surface area contributed by atoms with Crippen LogP contribution in [0.4, 0.5) is 24.5 Å². The number of hydrogen-bond donors (Lipinski definition) is 2. The van der Waals surface area contributed by atoms with Gasteiger partial charge in [0.15, 0.2) is 0 Å². The molecule has 1 saturated heterocycles. The summed E-state index contributed by atoms with van der Waals surface area (Å²) in [6.45, 7) is 7.34. The molecule has 0 saturated carbocycles. The first-order valence-corrected chi connectivity index (χ1v) is 10.9. The highest BCUT2D eigenvalue weighted by atomic mass is 32.2.